The van der Waals surface area contributed by atoms with Crippen LogP contribution in [0.2, 0.25) is 0 Å². The summed E-state index contributed by atoms with van der Waals surface area (Å²) in [6, 6.07) is 18.2. The molecule has 2 atom stereocenters. The van der Waals surface area contributed by atoms with Gasteiger partial charge in [-0.25, -0.2) is 4.68 Å². The van der Waals surface area contributed by atoms with E-state index in [0.717, 1.165) is 11.4 Å². The predicted molar refractivity (Wildman–Crippen MR) is 108 cm³/mol. The maximum Gasteiger partial charge on any atom is 0.228 e. The van der Waals surface area contributed by atoms with E-state index in [1.807, 2.05) is 61.2 Å². The van der Waals surface area contributed by atoms with Crippen LogP contribution in [0.1, 0.15) is 28.4 Å². The lowest BCUT2D eigenvalue weighted by Crippen LogP contribution is -2.33. The molecular weight excluding hydrogens is 350 g/mol. The van der Waals surface area contributed by atoms with Gasteiger partial charge in [-0.3, -0.25) is 4.79 Å². The molecule has 28 heavy (non-hydrogen) atoms. The average molecular weight is 375 g/mol. The molecule has 1 aliphatic rings. The van der Waals surface area contributed by atoms with Crippen LogP contribution >= 0.6 is 0 Å². The van der Waals surface area contributed by atoms with E-state index in [4.69, 9.17) is 5.73 Å². The van der Waals surface area contributed by atoms with Crippen molar-refractivity contribution in [1.82, 2.24) is 19.9 Å². The summed E-state index contributed by atoms with van der Waals surface area (Å²) >= 11 is 0. The van der Waals surface area contributed by atoms with Gasteiger partial charge in [-0.15, -0.1) is 5.10 Å². The van der Waals surface area contributed by atoms with Crippen LogP contribution in [0, 0.1) is 13.8 Å². The van der Waals surface area contributed by atoms with Gasteiger partial charge in [0.1, 0.15) is 0 Å². The molecule has 4 rings (SSSR count). The summed E-state index contributed by atoms with van der Waals surface area (Å²) in [5.74, 6) is 0.224. The SMILES string of the molecule is Cc1ccc(-n2nnc(CC(=O)N3C[C@@H](N)[C@H](c4ccccc4)C3)c2C)cc1. The number of aryl methyl sites for hydroxylation is 1. The van der Waals surface area contributed by atoms with E-state index in [9.17, 15) is 4.79 Å². The Morgan fingerprint density at radius 1 is 1.07 bits per heavy atom. The van der Waals surface area contributed by atoms with Crippen molar-refractivity contribution in [3.05, 3.63) is 77.1 Å². The van der Waals surface area contributed by atoms with Crippen LogP contribution in [0.3, 0.4) is 0 Å². The molecule has 6 nitrogen and oxygen atoms in total. The minimum Gasteiger partial charge on any atom is -0.340 e. The number of hydrogen-bond donors (Lipinski definition) is 1. The topological polar surface area (TPSA) is 77.0 Å². The summed E-state index contributed by atoms with van der Waals surface area (Å²) in [4.78, 5) is 14.7. The van der Waals surface area contributed by atoms with E-state index in [1.165, 1.54) is 11.1 Å². The molecule has 0 radical (unpaired) electrons. The van der Waals surface area contributed by atoms with Crippen molar-refractivity contribution < 1.29 is 4.79 Å². The molecule has 1 fully saturated rings. The predicted octanol–water partition coefficient (Wildman–Crippen LogP) is 2.38. The lowest BCUT2D eigenvalue weighted by Gasteiger charge is -2.16. The molecule has 2 aromatic carbocycles. The number of carbonyl (C=O) groups excluding carboxylic acids is 1. The minimum absolute atomic E-state index is 0.0457. The first kappa shape index (κ1) is 18.4. The Bertz CT molecular complexity index is 964. The van der Waals surface area contributed by atoms with Gasteiger partial charge in [-0.05, 0) is 31.5 Å². The molecule has 1 aromatic heterocycles. The maximum absolute atomic E-state index is 12.9. The summed E-state index contributed by atoms with van der Waals surface area (Å²) in [7, 11) is 0. The molecule has 1 saturated heterocycles. The number of nitrogens with two attached hydrogens (primary N) is 1. The molecule has 6 heteroatoms. The fourth-order valence-electron chi connectivity index (χ4n) is 3.80. The molecule has 2 N–H and O–H groups in total. The van der Waals surface area contributed by atoms with Crippen LogP contribution < -0.4 is 5.73 Å². The van der Waals surface area contributed by atoms with Gasteiger partial charge in [0.25, 0.3) is 0 Å². The monoisotopic (exact) mass is 375 g/mol. The van der Waals surface area contributed by atoms with Gasteiger partial charge in [0.2, 0.25) is 5.91 Å². The highest BCUT2D eigenvalue weighted by Gasteiger charge is 2.34. The fourth-order valence-corrected chi connectivity index (χ4v) is 3.80. The lowest BCUT2D eigenvalue weighted by molar-refractivity contribution is -0.129. The van der Waals surface area contributed by atoms with Gasteiger partial charge in [-0.2, -0.15) is 0 Å². The molecule has 0 aliphatic carbocycles. The Kier molecular flexibility index (Phi) is 4.96. The summed E-state index contributed by atoms with van der Waals surface area (Å²) in [5.41, 5.74) is 11.3. The largest absolute Gasteiger partial charge is 0.340 e. The highest BCUT2D eigenvalue weighted by molar-refractivity contribution is 5.79. The Morgan fingerprint density at radius 2 is 1.79 bits per heavy atom. The van der Waals surface area contributed by atoms with Crippen molar-refractivity contribution in [1.29, 1.82) is 0 Å². The molecule has 3 aromatic rings. The van der Waals surface area contributed by atoms with E-state index >= 15 is 0 Å². The fraction of sp³-hybridized carbons (Fsp3) is 0.318. The Balaban J connectivity index is 1.47. The highest BCUT2D eigenvalue weighted by atomic mass is 16.2. The van der Waals surface area contributed by atoms with Gasteiger partial charge in [0.05, 0.1) is 23.5 Å². The number of rotatable bonds is 4. The molecule has 1 amide bonds. The number of hydrogen-bond acceptors (Lipinski definition) is 4. The number of aromatic nitrogens is 3. The van der Waals surface area contributed by atoms with E-state index in [2.05, 4.69) is 22.4 Å². The second-order valence-electron chi connectivity index (χ2n) is 7.53. The van der Waals surface area contributed by atoms with E-state index < -0.39 is 0 Å². The number of likely N-dealkylation sites (tertiary alicyclic amines) is 1. The Hall–Kier alpha value is -2.99. The van der Waals surface area contributed by atoms with Crippen molar-refractivity contribution in [2.24, 2.45) is 5.73 Å². The molecule has 0 unspecified atom stereocenters. The van der Waals surface area contributed by atoms with Crippen molar-refractivity contribution in [2.75, 3.05) is 13.1 Å². The smallest absolute Gasteiger partial charge is 0.228 e. The highest BCUT2D eigenvalue weighted by Crippen LogP contribution is 2.27. The molecule has 2 heterocycles. The molecule has 0 spiro atoms. The first-order valence-corrected chi connectivity index (χ1v) is 9.59. The van der Waals surface area contributed by atoms with Gasteiger partial charge < -0.3 is 10.6 Å². The van der Waals surface area contributed by atoms with Gasteiger partial charge >= 0.3 is 0 Å². The Labute approximate surface area is 165 Å². The van der Waals surface area contributed by atoms with Crippen molar-refractivity contribution in [3.8, 4) is 5.69 Å². The summed E-state index contributed by atoms with van der Waals surface area (Å²) in [6.07, 6.45) is 0.242. The summed E-state index contributed by atoms with van der Waals surface area (Å²) in [5, 5.41) is 8.50. The molecule has 0 bridgehead atoms. The van der Waals surface area contributed by atoms with Crippen LogP contribution in [0.5, 0.6) is 0 Å². The summed E-state index contributed by atoms with van der Waals surface area (Å²) < 4.78 is 1.78. The van der Waals surface area contributed by atoms with Crippen LogP contribution in [0.4, 0.5) is 0 Å². The normalized spacial score (nSPS) is 19.2. The van der Waals surface area contributed by atoms with Crippen LogP contribution in [-0.2, 0) is 11.2 Å². The standard InChI is InChI=1S/C22H25N5O/c1-15-8-10-18(11-9-15)27-16(2)21(24-25-27)12-22(28)26-13-19(20(23)14-26)17-6-4-3-5-7-17/h3-11,19-20H,12-14,23H2,1-2H3/t19-,20+/m0/s1. The van der Waals surface area contributed by atoms with Gasteiger partial charge in [0.15, 0.2) is 0 Å². The minimum atomic E-state index is -0.0457. The molecule has 1 aliphatic heterocycles. The first-order chi connectivity index (χ1) is 13.5. The third kappa shape index (κ3) is 3.55. The second-order valence-corrected chi connectivity index (χ2v) is 7.53. The van der Waals surface area contributed by atoms with Crippen LogP contribution in [0.25, 0.3) is 5.69 Å². The van der Waals surface area contributed by atoms with Gasteiger partial charge in [0, 0.05) is 25.0 Å². The van der Waals surface area contributed by atoms with E-state index in [0.29, 0.717) is 18.8 Å². The zero-order valence-electron chi connectivity index (χ0n) is 16.2. The zero-order valence-corrected chi connectivity index (χ0v) is 16.2. The van der Waals surface area contributed by atoms with Crippen molar-refractivity contribution >= 4 is 5.91 Å². The molecular formula is C22H25N5O. The van der Waals surface area contributed by atoms with Crippen LogP contribution in [0.15, 0.2) is 54.6 Å². The number of benzene rings is 2. The summed E-state index contributed by atoms with van der Waals surface area (Å²) in [6.45, 7) is 5.22. The third-order valence-electron chi connectivity index (χ3n) is 5.53. The van der Waals surface area contributed by atoms with Gasteiger partial charge in [-0.1, -0.05) is 53.2 Å². The second kappa shape index (κ2) is 7.56. The number of amides is 1. The number of carbonyl (C=O) groups is 1. The first-order valence-electron chi connectivity index (χ1n) is 9.59. The third-order valence-corrected chi connectivity index (χ3v) is 5.53. The maximum atomic E-state index is 12.9. The quantitative estimate of drug-likeness (QED) is 0.760. The molecule has 0 saturated carbocycles. The average Bonchev–Trinajstić information content (AvgIpc) is 3.27. The number of nitrogens with zero attached hydrogens (tertiary/aromatic N) is 4. The van der Waals surface area contributed by atoms with Crippen molar-refractivity contribution in [2.45, 2.75) is 32.2 Å². The zero-order chi connectivity index (χ0) is 19.7. The Morgan fingerprint density at radius 3 is 2.50 bits per heavy atom. The molecule has 144 valence electrons. The van der Waals surface area contributed by atoms with Crippen LogP contribution in [-0.4, -0.2) is 44.9 Å². The lowest BCUT2D eigenvalue weighted by atomic mass is 9.95. The van der Waals surface area contributed by atoms with E-state index in [-0.39, 0.29) is 24.3 Å². The van der Waals surface area contributed by atoms with Crippen molar-refractivity contribution in [3.63, 3.8) is 0 Å². The van der Waals surface area contributed by atoms with E-state index in [1.54, 1.807) is 4.68 Å².